The Morgan fingerprint density at radius 3 is 2.59 bits per heavy atom. The number of piperazine rings is 1. The molecule has 1 saturated heterocycles. The molecule has 0 spiro atoms. The second-order valence-corrected chi connectivity index (χ2v) is 7.20. The topological polar surface area (TPSA) is 98.6 Å². The third-order valence-corrected chi connectivity index (χ3v) is 5.43. The SMILES string of the molecule is CN1Cc2ccccc2CC1C(=O)N1CCN(c2cc(=O)[nH]c(N)n2)CC1. The molecule has 0 bridgehead atoms. The lowest BCUT2D eigenvalue weighted by Gasteiger charge is -2.40. The van der Waals surface area contributed by atoms with Gasteiger partial charge in [-0.2, -0.15) is 4.98 Å². The van der Waals surface area contributed by atoms with Gasteiger partial charge in [0.15, 0.2) is 0 Å². The Bertz CT molecular complexity index is 903. The number of anilines is 2. The van der Waals surface area contributed by atoms with Gasteiger partial charge in [-0.15, -0.1) is 0 Å². The lowest BCUT2D eigenvalue weighted by atomic mass is 9.93. The number of carbonyl (C=O) groups is 1. The van der Waals surface area contributed by atoms with Gasteiger partial charge in [-0.05, 0) is 24.6 Å². The summed E-state index contributed by atoms with van der Waals surface area (Å²) in [7, 11) is 2.01. The number of amides is 1. The molecule has 8 heteroatoms. The quantitative estimate of drug-likeness (QED) is 0.778. The number of nitrogens with zero attached hydrogens (tertiary/aromatic N) is 4. The smallest absolute Gasteiger partial charge is 0.254 e. The molecule has 8 nitrogen and oxygen atoms in total. The van der Waals surface area contributed by atoms with Gasteiger partial charge >= 0.3 is 0 Å². The Kier molecular flexibility index (Phi) is 4.57. The van der Waals surface area contributed by atoms with Gasteiger partial charge in [0.2, 0.25) is 11.9 Å². The van der Waals surface area contributed by atoms with Crippen LogP contribution < -0.4 is 16.2 Å². The van der Waals surface area contributed by atoms with Crippen LogP contribution in [0.1, 0.15) is 11.1 Å². The van der Waals surface area contributed by atoms with E-state index in [0.29, 0.717) is 32.0 Å². The van der Waals surface area contributed by atoms with Gasteiger partial charge in [0, 0.05) is 38.8 Å². The molecular weight excluding hydrogens is 344 g/mol. The zero-order chi connectivity index (χ0) is 19.0. The predicted molar refractivity (Wildman–Crippen MR) is 103 cm³/mol. The zero-order valence-corrected chi connectivity index (χ0v) is 15.4. The molecule has 27 heavy (non-hydrogen) atoms. The maximum Gasteiger partial charge on any atom is 0.254 e. The van der Waals surface area contributed by atoms with Crippen LogP contribution in [0.15, 0.2) is 35.1 Å². The normalized spacial score (nSPS) is 20.4. The summed E-state index contributed by atoms with van der Waals surface area (Å²) >= 11 is 0. The third-order valence-electron chi connectivity index (χ3n) is 5.43. The van der Waals surface area contributed by atoms with Crippen molar-refractivity contribution in [2.75, 3.05) is 43.9 Å². The van der Waals surface area contributed by atoms with Crippen molar-refractivity contribution in [3.8, 4) is 0 Å². The van der Waals surface area contributed by atoms with E-state index in [0.717, 1.165) is 13.0 Å². The van der Waals surface area contributed by atoms with E-state index in [1.807, 2.05) is 29.0 Å². The van der Waals surface area contributed by atoms with Crippen molar-refractivity contribution in [1.29, 1.82) is 0 Å². The summed E-state index contributed by atoms with van der Waals surface area (Å²) in [5.74, 6) is 0.843. The van der Waals surface area contributed by atoms with Gasteiger partial charge in [0.1, 0.15) is 5.82 Å². The van der Waals surface area contributed by atoms with Crippen molar-refractivity contribution in [2.45, 2.75) is 19.0 Å². The number of benzene rings is 1. The third kappa shape index (κ3) is 3.52. The summed E-state index contributed by atoms with van der Waals surface area (Å²) in [5.41, 5.74) is 7.92. The van der Waals surface area contributed by atoms with E-state index in [4.69, 9.17) is 5.73 Å². The second-order valence-electron chi connectivity index (χ2n) is 7.20. The summed E-state index contributed by atoms with van der Waals surface area (Å²) in [6.07, 6.45) is 0.748. The minimum Gasteiger partial charge on any atom is -0.369 e. The molecule has 2 aliphatic heterocycles. The van der Waals surface area contributed by atoms with Crippen molar-refractivity contribution in [3.63, 3.8) is 0 Å². The number of nitrogens with two attached hydrogens (primary N) is 1. The average Bonchev–Trinajstić information content (AvgIpc) is 2.66. The standard InChI is InChI=1S/C19H24N6O2/c1-23-12-14-5-3-2-4-13(14)10-15(23)18(27)25-8-6-24(7-9-25)16-11-17(26)22-19(20)21-16/h2-5,11,15H,6-10,12H2,1H3,(H3,20,21,22,26). The van der Waals surface area contributed by atoms with Crippen LogP contribution in [0, 0.1) is 0 Å². The molecule has 2 aliphatic rings. The molecule has 2 aromatic rings. The predicted octanol–water partition coefficient (Wildman–Crippen LogP) is 0.0574. The highest BCUT2D eigenvalue weighted by Crippen LogP contribution is 2.24. The minimum absolute atomic E-state index is 0.110. The first-order valence-electron chi connectivity index (χ1n) is 9.19. The first-order chi connectivity index (χ1) is 13.0. The first-order valence-corrected chi connectivity index (χ1v) is 9.19. The molecule has 1 aromatic carbocycles. The molecular formula is C19H24N6O2. The number of hydrogen-bond donors (Lipinski definition) is 2. The minimum atomic E-state index is -0.265. The number of likely N-dealkylation sites (N-methyl/N-ethyl adjacent to an activating group) is 1. The monoisotopic (exact) mass is 368 g/mol. The number of fused-ring (bicyclic) bond motifs is 1. The van der Waals surface area contributed by atoms with E-state index in [1.54, 1.807) is 0 Å². The van der Waals surface area contributed by atoms with E-state index >= 15 is 0 Å². The molecule has 1 unspecified atom stereocenters. The number of nitrogen functional groups attached to an aromatic ring is 1. The molecule has 1 amide bonds. The van der Waals surface area contributed by atoms with Crippen molar-refractivity contribution in [2.24, 2.45) is 0 Å². The second kappa shape index (κ2) is 7.03. The van der Waals surface area contributed by atoms with Gasteiger partial charge < -0.3 is 15.5 Å². The Morgan fingerprint density at radius 1 is 1.19 bits per heavy atom. The van der Waals surface area contributed by atoms with E-state index in [2.05, 4.69) is 27.0 Å². The van der Waals surface area contributed by atoms with Crippen LogP contribution in [0.25, 0.3) is 0 Å². The first kappa shape index (κ1) is 17.5. The fourth-order valence-electron chi connectivity index (χ4n) is 3.92. The summed E-state index contributed by atoms with van der Waals surface area (Å²) in [5, 5.41) is 0. The van der Waals surface area contributed by atoms with Crippen LogP contribution in [0.3, 0.4) is 0 Å². The van der Waals surface area contributed by atoms with Gasteiger partial charge in [0.25, 0.3) is 5.56 Å². The number of aromatic nitrogens is 2. The maximum absolute atomic E-state index is 13.1. The zero-order valence-electron chi connectivity index (χ0n) is 15.4. The summed E-state index contributed by atoms with van der Waals surface area (Å²) in [4.78, 5) is 37.4. The van der Waals surface area contributed by atoms with Crippen molar-refractivity contribution < 1.29 is 4.79 Å². The Balaban J connectivity index is 1.42. The van der Waals surface area contributed by atoms with Gasteiger partial charge in [0.05, 0.1) is 6.04 Å². The van der Waals surface area contributed by atoms with Crippen LogP contribution >= 0.6 is 0 Å². The fourth-order valence-corrected chi connectivity index (χ4v) is 3.92. The summed E-state index contributed by atoms with van der Waals surface area (Å²) in [6, 6.07) is 9.64. The Hall–Kier alpha value is -2.87. The maximum atomic E-state index is 13.1. The van der Waals surface area contributed by atoms with E-state index in [1.165, 1.54) is 17.2 Å². The molecule has 4 rings (SSSR count). The number of H-pyrrole nitrogens is 1. The summed E-state index contributed by atoms with van der Waals surface area (Å²) < 4.78 is 0. The van der Waals surface area contributed by atoms with Crippen LogP contribution in [0.4, 0.5) is 11.8 Å². The van der Waals surface area contributed by atoms with Crippen LogP contribution in [-0.2, 0) is 17.8 Å². The number of hydrogen-bond acceptors (Lipinski definition) is 6. The number of nitrogens with one attached hydrogen (secondary N) is 1. The molecule has 1 atom stereocenters. The van der Waals surface area contributed by atoms with Crippen LogP contribution in [0.5, 0.6) is 0 Å². The fraction of sp³-hybridized carbons (Fsp3) is 0.421. The molecule has 3 N–H and O–H groups in total. The van der Waals surface area contributed by atoms with Crippen LogP contribution in [0.2, 0.25) is 0 Å². The largest absolute Gasteiger partial charge is 0.369 e. The lowest BCUT2D eigenvalue weighted by Crippen LogP contribution is -2.56. The van der Waals surface area contributed by atoms with Gasteiger partial charge in [-0.1, -0.05) is 24.3 Å². The molecule has 1 fully saturated rings. The van der Waals surface area contributed by atoms with Crippen molar-refractivity contribution in [1.82, 2.24) is 19.8 Å². The molecule has 0 radical (unpaired) electrons. The Morgan fingerprint density at radius 2 is 1.89 bits per heavy atom. The molecule has 3 heterocycles. The van der Waals surface area contributed by atoms with Gasteiger partial charge in [-0.3, -0.25) is 19.5 Å². The van der Waals surface area contributed by atoms with Gasteiger partial charge in [-0.25, -0.2) is 0 Å². The van der Waals surface area contributed by atoms with Crippen molar-refractivity contribution in [3.05, 3.63) is 51.8 Å². The Labute approximate surface area is 157 Å². The van der Waals surface area contributed by atoms with E-state index in [-0.39, 0.29) is 23.5 Å². The van der Waals surface area contributed by atoms with E-state index in [9.17, 15) is 9.59 Å². The number of aromatic amines is 1. The highest BCUT2D eigenvalue weighted by molar-refractivity contribution is 5.83. The molecule has 0 saturated carbocycles. The average molecular weight is 368 g/mol. The number of carbonyl (C=O) groups excluding carboxylic acids is 1. The molecule has 1 aromatic heterocycles. The van der Waals surface area contributed by atoms with E-state index < -0.39 is 0 Å². The molecule has 142 valence electrons. The molecule has 0 aliphatic carbocycles. The number of rotatable bonds is 2. The lowest BCUT2D eigenvalue weighted by molar-refractivity contribution is -0.137. The highest BCUT2D eigenvalue weighted by Gasteiger charge is 2.33. The summed E-state index contributed by atoms with van der Waals surface area (Å²) in [6.45, 7) is 3.28. The van der Waals surface area contributed by atoms with Crippen molar-refractivity contribution >= 4 is 17.7 Å². The highest BCUT2D eigenvalue weighted by atomic mass is 16.2. The van der Waals surface area contributed by atoms with Crippen LogP contribution in [-0.4, -0.2) is 64.9 Å².